The molecule has 3 aromatic carbocycles. The molecule has 0 aliphatic carbocycles. The highest BCUT2D eigenvalue weighted by atomic mass is 35.5. The summed E-state index contributed by atoms with van der Waals surface area (Å²) in [5.41, 5.74) is 3.24. The minimum absolute atomic E-state index is 0.0289. The first-order valence-corrected chi connectivity index (χ1v) is 11.3. The van der Waals surface area contributed by atoms with Gasteiger partial charge < -0.3 is 14.5 Å². The largest absolute Gasteiger partial charge is 0.368 e. The molecule has 0 bridgehead atoms. The number of anilines is 1. The molecule has 4 rings (SSSR count). The second-order valence-electron chi connectivity index (χ2n) is 7.57. The van der Waals surface area contributed by atoms with E-state index in [1.54, 1.807) is 7.11 Å². The van der Waals surface area contributed by atoms with Crippen LogP contribution >= 0.6 is 23.2 Å². The zero-order valence-electron chi connectivity index (χ0n) is 18.4. The Morgan fingerprint density at radius 2 is 1.44 bits per heavy atom. The topological polar surface area (TPSA) is 32.8 Å². The van der Waals surface area contributed by atoms with E-state index in [9.17, 15) is 4.79 Å². The summed E-state index contributed by atoms with van der Waals surface area (Å²) in [5.74, 6) is 0.0289. The minimum Gasteiger partial charge on any atom is -0.368 e. The number of halogens is 2. The van der Waals surface area contributed by atoms with E-state index in [4.69, 9.17) is 27.9 Å². The molecule has 1 atom stereocenters. The monoisotopic (exact) mass is 470 g/mol. The Kier molecular flexibility index (Phi) is 8.98. The Balaban J connectivity index is 0.000000352. The van der Waals surface area contributed by atoms with Crippen LogP contribution in [0.3, 0.4) is 0 Å². The van der Waals surface area contributed by atoms with E-state index in [0.717, 1.165) is 34.3 Å². The van der Waals surface area contributed by atoms with Gasteiger partial charge in [0, 0.05) is 49.0 Å². The van der Waals surface area contributed by atoms with Crippen molar-refractivity contribution in [3.8, 4) is 0 Å². The van der Waals surface area contributed by atoms with Crippen molar-refractivity contribution in [3.63, 3.8) is 0 Å². The lowest BCUT2D eigenvalue weighted by molar-refractivity contribution is -0.142. The van der Waals surface area contributed by atoms with Crippen LogP contribution in [0.1, 0.15) is 17.2 Å². The van der Waals surface area contributed by atoms with Gasteiger partial charge in [-0.15, -0.1) is 0 Å². The van der Waals surface area contributed by atoms with Crippen LogP contribution in [0.2, 0.25) is 10.0 Å². The van der Waals surface area contributed by atoms with Gasteiger partial charge in [-0.2, -0.15) is 0 Å². The first-order chi connectivity index (χ1) is 15.5. The SMILES string of the molecule is COC(C(=O)N1CCN(c2ccc(Cl)cc2C)CC1)c1ccccc1.Clc1ccccc1. The van der Waals surface area contributed by atoms with E-state index in [2.05, 4.69) is 17.9 Å². The summed E-state index contributed by atoms with van der Waals surface area (Å²) >= 11 is 11.6. The fourth-order valence-corrected chi connectivity index (χ4v) is 4.10. The molecule has 0 radical (unpaired) electrons. The second kappa shape index (κ2) is 11.9. The number of piperazine rings is 1. The zero-order chi connectivity index (χ0) is 22.9. The van der Waals surface area contributed by atoms with E-state index in [1.807, 2.05) is 77.7 Å². The van der Waals surface area contributed by atoms with Gasteiger partial charge in [-0.25, -0.2) is 0 Å². The molecule has 0 aromatic heterocycles. The predicted octanol–water partition coefficient (Wildman–Crippen LogP) is 6.02. The number of carbonyl (C=O) groups is 1. The molecule has 0 spiro atoms. The average Bonchev–Trinajstić information content (AvgIpc) is 2.81. The summed E-state index contributed by atoms with van der Waals surface area (Å²) < 4.78 is 5.48. The Hall–Kier alpha value is -2.53. The molecule has 1 fully saturated rings. The lowest BCUT2D eigenvalue weighted by Gasteiger charge is -2.38. The standard InChI is InChI=1S/C20H23ClN2O2.C6H5Cl/c1-15-14-17(21)8-9-18(15)22-10-12-23(13-11-22)20(24)19(25-2)16-6-4-3-5-7-16;7-6-4-2-1-3-5-6/h3-9,14,19H,10-13H2,1-2H3;1-5H. The predicted molar refractivity (Wildman–Crippen MR) is 133 cm³/mol. The van der Waals surface area contributed by atoms with Crippen LogP contribution in [0, 0.1) is 6.92 Å². The van der Waals surface area contributed by atoms with Crippen LogP contribution in [0.4, 0.5) is 5.69 Å². The zero-order valence-corrected chi connectivity index (χ0v) is 19.9. The molecule has 1 unspecified atom stereocenters. The Labute approximate surface area is 200 Å². The number of amides is 1. The van der Waals surface area contributed by atoms with Crippen molar-refractivity contribution in [2.24, 2.45) is 0 Å². The number of hydrogen-bond acceptors (Lipinski definition) is 3. The summed E-state index contributed by atoms with van der Waals surface area (Å²) in [5, 5.41) is 1.54. The number of rotatable bonds is 4. The molecule has 1 aliphatic heterocycles. The van der Waals surface area contributed by atoms with Gasteiger partial charge in [0.25, 0.3) is 5.91 Å². The summed E-state index contributed by atoms with van der Waals surface area (Å²) in [6, 6.07) is 25.0. The number of hydrogen-bond donors (Lipinski definition) is 0. The van der Waals surface area contributed by atoms with Crippen molar-refractivity contribution in [3.05, 3.63) is 100 Å². The molecule has 0 saturated carbocycles. The third-order valence-corrected chi connectivity index (χ3v) is 5.87. The molecule has 4 nitrogen and oxygen atoms in total. The van der Waals surface area contributed by atoms with Crippen molar-refractivity contribution in [2.75, 3.05) is 38.2 Å². The molecule has 32 heavy (non-hydrogen) atoms. The summed E-state index contributed by atoms with van der Waals surface area (Å²) in [4.78, 5) is 17.0. The minimum atomic E-state index is -0.537. The van der Waals surface area contributed by atoms with Crippen molar-refractivity contribution in [1.82, 2.24) is 4.90 Å². The molecule has 1 saturated heterocycles. The Morgan fingerprint density at radius 1 is 0.844 bits per heavy atom. The van der Waals surface area contributed by atoms with Crippen LogP contribution in [0.15, 0.2) is 78.9 Å². The van der Waals surface area contributed by atoms with Gasteiger partial charge in [-0.1, -0.05) is 71.7 Å². The van der Waals surface area contributed by atoms with Gasteiger partial charge in [0.1, 0.15) is 0 Å². The maximum absolute atomic E-state index is 12.8. The van der Waals surface area contributed by atoms with Crippen LogP contribution in [-0.2, 0) is 9.53 Å². The van der Waals surface area contributed by atoms with E-state index < -0.39 is 6.10 Å². The van der Waals surface area contributed by atoms with Gasteiger partial charge >= 0.3 is 0 Å². The quantitative estimate of drug-likeness (QED) is 0.466. The number of aryl methyl sites for hydroxylation is 1. The lowest BCUT2D eigenvalue weighted by Crippen LogP contribution is -2.50. The first kappa shape index (κ1) is 24.1. The van der Waals surface area contributed by atoms with Gasteiger partial charge in [0.2, 0.25) is 0 Å². The van der Waals surface area contributed by atoms with Crippen molar-refractivity contribution >= 4 is 34.8 Å². The molecule has 0 N–H and O–H groups in total. The lowest BCUT2D eigenvalue weighted by atomic mass is 10.1. The van der Waals surface area contributed by atoms with Crippen molar-refractivity contribution < 1.29 is 9.53 Å². The number of nitrogens with zero attached hydrogens (tertiary/aromatic N) is 2. The van der Waals surface area contributed by atoms with E-state index >= 15 is 0 Å². The molecular formula is C26H28Cl2N2O2. The second-order valence-corrected chi connectivity index (χ2v) is 8.44. The molecule has 1 amide bonds. The summed E-state index contributed by atoms with van der Waals surface area (Å²) in [7, 11) is 1.59. The fourth-order valence-electron chi connectivity index (χ4n) is 3.73. The van der Waals surface area contributed by atoms with Crippen LogP contribution in [0.5, 0.6) is 0 Å². The van der Waals surface area contributed by atoms with Crippen LogP contribution < -0.4 is 4.90 Å². The third-order valence-electron chi connectivity index (χ3n) is 5.39. The molecule has 1 heterocycles. The average molecular weight is 471 g/mol. The number of methoxy groups -OCH3 is 1. The number of ether oxygens (including phenoxy) is 1. The summed E-state index contributed by atoms with van der Waals surface area (Å²) in [6.45, 7) is 5.05. The van der Waals surface area contributed by atoms with Gasteiger partial charge in [0.05, 0.1) is 0 Å². The van der Waals surface area contributed by atoms with Gasteiger partial charge in [-0.3, -0.25) is 4.79 Å². The highest BCUT2D eigenvalue weighted by Crippen LogP contribution is 2.26. The Morgan fingerprint density at radius 3 is 1.94 bits per heavy atom. The highest BCUT2D eigenvalue weighted by molar-refractivity contribution is 6.30. The maximum atomic E-state index is 12.8. The molecular weight excluding hydrogens is 443 g/mol. The van der Waals surface area contributed by atoms with E-state index in [1.165, 1.54) is 5.69 Å². The normalized spacial score (nSPS) is 14.4. The van der Waals surface area contributed by atoms with Crippen LogP contribution in [-0.4, -0.2) is 44.1 Å². The highest BCUT2D eigenvalue weighted by Gasteiger charge is 2.28. The third kappa shape index (κ3) is 6.49. The number of benzene rings is 3. The maximum Gasteiger partial charge on any atom is 0.256 e. The smallest absolute Gasteiger partial charge is 0.256 e. The molecule has 1 aliphatic rings. The van der Waals surface area contributed by atoms with Crippen molar-refractivity contribution in [2.45, 2.75) is 13.0 Å². The van der Waals surface area contributed by atoms with E-state index in [-0.39, 0.29) is 5.91 Å². The fraction of sp³-hybridized carbons (Fsp3) is 0.269. The van der Waals surface area contributed by atoms with Gasteiger partial charge in [0.15, 0.2) is 6.10 Å². The van der Waals surface area contributed by atoms with Crippen LogP contribution in [0.25, 0.3) is 0 Å². The molecule has 6 heteroatoms. The molecule has 168 valence electrons. The Bertz CT molecular complexity index is 991. The van der Waals surface area contributed by atoms with Gasteiger partial charge in [-0.05, 0) is 48.4 Å². The summed E-state index contributed by atoms with van der Waals surface area (Å²) in [6.07, 6.45) is -0.537. The van der Waals surface area contributed by atoms with Crippen molar-refractivity contribution in [1.29, 1.82) is 0 Å². The number of carbonyl (C=O) groups excluding carboxylic acids is 1. The molecule has 3 aromatic rings. The first-order valence-electron chi connectivity index (χ1n) is 10.6. The van der Waals surface area contributed by atoms with E-state index in [0.29, 0.717) is 13.1 Å².